The van der Waals surface area contributed by atoms with Crippen molar-refractivity contribution < 1.29 is 28.2 Å². The van der Waals surface area contributed by atoms with Gasteiger partial charge in [0.2, 0.25) is 0 Å². The predicted molar refractivity (Wildman–Crippen MR) is 46.3 cm³/mol. The summed E-state index contributed by atoms with van der Waals surface area (Å²) in [5, 5.41) is 27.6. The van der Waals surface area contributed by atoms with Crippen LogP contribution in [0.25, 0.3) is 0 Å². The average Bonchev–Trinajstić information content (AvgIpc) is 2.18. The number of rotatable bonds is 0. The zero-order valence-corrected chi connectivity index (χ0v) is 8.16. The Morgan fingerprint density at radius 1 is 1.50 bits per heavy atom. The van der Waals surface area contributed by atoms with Gasteiger partial charge in [-0.2, -0.15) is 18.4 Å². The van der Waals surface area contributed by atoms with E-state index >= 15 is 0 Å². The van der Waals surface area contributed by atoms with Gasteiger partial charge in [0.05, 0.1) is 18.1 Å². The third kappa shape index (κ3) is 5.53. The Labute approximate surface area is 89.5 Å². The summed E-state index contributed by atoms with van der Waals surface area (Å²) >= 11 is 0. The van der Waals surface area contributed by atoms with Gasteiger partial charge in [0.15, 0.2) is 0 Å². The highest BCUT2D eigenvalue weighted by Gasteiger charge is 2.38. The lowest BCUT2D eigenvalue weighted by Gasteiger charge is -2.22. The lowest BCUT2D eigenvalue weighted by atomic mass is 9.97. The molecule has 3 N–H and O–H groups in total. The van der Waals surface area contributed by atoms with Crippen molar-refractivity contribution in [3.63, 3.8) is 0 Å². The standard InChI is InChI=1S/C6H10N2O.C2HF3O2/c7-3-5-1-2-8-4-6(5)9;3-2(4,5)1(6)7/h5-6,8-9H,1-2,4H2;(H,6,7)/t5-,6+;/m1./s1. The van der Waals surface area contributed by atoms with Gasteiger partial charge in [-0.15, -0.1) is 0 Å². The van der Waals surface area contributed by atoms with Crippen LogP contribution in [0.5, 0.6) is 0 Å². The molecule has 0 aromatic rings. The van der Waals surface area contributed by atoms with Crippen LogP contribution in [0.3, 0.4) is 0 Å². The summed E-state index contributed by atoms with van der Waals surface area (Å²) in [5.41, 5.74) is 0. The summed E-state index contributed by atoms with van der Waals surface area (Å²) in [6.07, 6.45) is -4.76. The van der Waals surface area contributed by atoms with Gasteiger partial charge in [-0.05, 0) is 13.0 Å². The van der Waals surface area contributed by atoms with Crippen LogP contribution >= 0.6 is 0 Å². The van der Waals surface area contributed by atoms with Gasteiger partial charge < -0.3 is 15.5 Å². The fourth-order valence-corrected chi connectivity index (χ4v) is 0.993. The Hall–Kier alpha value is -1.33. The van der Waals surface area contributed by atoms with E-state index in [9.17, 15) is 13.2 Å². The molecule has 0 aromatic heterocycles. The normalized spacial score (nSPS) is 24.9. The number of aliphatic hydroxyl groups excluding tert-OH is 1. The molecule has 1 aliphatic rings. The lowest BCUT2D eigenvalue weighted by molar-refractivity contribution is -0.192. The Bertz CT molecular complexity index is 275. The van der Waals surface area contributed by atoms with Gasteiger partial charge in [0, 0.05) is 6.54 Å². The van der Waals surface area contributed by atoms with E-state index in [1.54, 1.807) is 0 Å². The summed E-state index contributed by atoms with van der Waals surface area (Å²) in [4.78, 5) is 8.90. The SMILES string of the molecule is N#C[C@H]1CCNC[C@@H]1O.O=C(O)C(F)(F)F. The molecule has 0 aromatic carbocycles. The quantitative estimate of drug-likeness (QED) is 0.559. The smallest absolute Gasteiger partial charge is 0.475 e. The number of hydrogen-bond donors (Lipinski definition) is 3. The second kappa shape index (κ2) is 6.30. The summed E-state index contributed by atoms with van der Waals surface area (Å²) in [7, 11) is 0. The van der Waals surface area contributed by atoms with Crippen LogP contribution in [0.15, 0.2) is 0 Å². The van der Waals surface area contributed by atoms with Gasteiger partial charge in [-0.3, -0.25) is 0 Å². The van der Waals surface area contributed by atoms with Crippen molar-refractivity contribution in [2.24, 2.45) is 5.92 Å². The monoisotopic (exact) mass is 240 g/mol. The van der Waals surface area contributed by atoms with Crippen LogP contribution in [0.4, 0.5) is 13.2 Å². The molecule has 5 nitrogen and oxygen atoms in total. The number of nitrogens with one attached hydrogen (secondary N) is 1. The first kappa shape index (κ1) is 14.7. The number of carboxylic acid groups (broad SMARTS) is 1. The zero-order valence-electron chi connectivity index (χ0n) is 8.16. The van der Waals surface area contributed by atoms with E-state index in [1.807, 2.05) is 0 Å². The first-order valence-electron chi connectivity index (χ1n) is 4.37. The number of aliphatic carboxylic acids is 1. The van der Waals surface area contributed by atoms with Crippen molar-refractivity contribution in [3.8, 4) is 6.07 Å². The molecule has 0 aliphatic carbocycles. The van der Waals surface area contributed by atoms with Crippen LogP contribution in [-0.4, -0.2) is 41.6 Å². The van der Waals surface area contributed by atoms with Crippen molar-refractivity contribution in [1.82, 2.24) is 5.32 Å². The van der Waals surface area contributed by atoms with Gasteiger partial charge in [-0.25, -0.2) is 4.79 Å². The second-order valence-corrected chi connectivity index (χ2v) is 3.10. The third-order valence-electron chi connectivity index (χ3n) is 1.86. The Balaban J connectivity index is 0.000000293. The molecule has 1 fully saturated rings. The van der Waals surface area contributed by atoms with E-state index in [-0.39, 0.29) is 5.92 Å². The minimum atomic E-state index is -5.08. The maximum Gasteiger partial charge on any atom is 0.490 e. The molecule has 16 heavy (non-hydrogen) atoms. The molecule has 92 valence electrons. The van der Waals surface area contributed by atoms with Crippen LogP contribution in [0.2, 0.25) is 0 Å². The molecular formula is C8H11F3N2O3. The van der Waals surface area contributed by atoms with Crippen molar-refractivity contribution >= 4 is 5.97 Å². The van der Waals surface area contributed by atoms with E-state index in [4.69, 9.17) is 20.3 Å². The van der Waals surface area contributed by atoms with Crippen molar-refractivity contribution in [3.05, 3.63) is 0 Å². The lowest BCUT2D eigenvalue weighted by Crippen LogP contribution is -2.39. The summed E-state index contributed by atoms with van der Waals surface area (Å²) in [6, 6.07) is 2.06. The van der Waals surface area contributed by atoms with Crippen LogP contribution in [0, 0.1) is 17.2 Å². The first-order chi connectivity index (χ1) is 7.29. The second-order valence-electron chi connectivity index (χ2n) is 3.10. The maximum atomic E-state index is 10.6. The Kier molecular flexibility index (Phi) is 5.77. The zero-order chi connectivity index (χ0) is 12.8. The number of piperidine rings is 1. The van der Waals surface area contributed by atoms with Crippen molar-refractivity contribution in [2.45, 2.75) is 18.7 Å². The fourth-order valence-electron chi connectivity index (χ4n) is 0.993. The first-order valence-corrected chi connectivity index (χ1v) is 4.37. The number of nitriles is 1. The molecular weight excluding hydrogens is 229 g/mol. The molecule has 1 heterocycles. The number of carboxylic acids is 1. The highest BCUT2D eigenvalue weighted by atomic mass is 19.4. The molecule has 0 unspecified atom stereocenters. The van der Waals surface area contributed by atoms with E-state index in [1.165, 1.54) is 0 Å². The van der Waals surface area contributed by atoms with Gasteiger partial charge in [0.25, 0.3) is 0 Å². The number of nitrogens with zero attached hydrogens (tertiary/aromatic N) is 1. The minimum Gasteiger partial charge on any atom is -0.475 e. The van der Waals surface area contributed by atoms with E-state index < -0.39 is 18.2 Å². The van der Waals surface area contributed by atoms with Crippen molar-refractivity contribution in [1.29, 1.82) is 5.26 Å². The maximum absolute atomic E-state index is 10.6. The molecule has 8 heteroatoms. The molecule has 1 aliphatic heterocycles. The fraction of sp³-hybridized carbons (Fsp3) is 0.750. The van der Waals surface area contributed by atoms with Gasteiger partial charge in [-0.1, -0.05) is 0 Å². The van der Waals surface area contributed by atoms with Gasteiger partial charge in [0.1, 0.15) is 0 Å². The largest absolute Gasteiger partial charge is 0.490 e. The molecule has 0 amide bonds. The van der Waals surface area contributed by atoms with Crippen LogP contribution in [-0.2, 0) is 4.79 Å². The number of hydrogen-bond acceptors (Lipinski definition) is 4. The van der Waals surface area contributed by atoms with E-state index in [0.29, 0.717) is 6.54 Å². The number of β-amino-alcohol motifs (C(OH)–C–C–N with tert-alkyl or cyclic N) is 1. The van der Waals surface area contributed by atoms with Gasteiger partial charge >= 0.3 is 12.1 Å². The Morgan fingerprint density at radius 3 is 2.25 bits per heavy atom. The molecule has 1 saturated heterocycles. The average molecular weight is 240 g/mol. The minimum absolute atomic E-state index is 0.147. The molecule has 2 atom stereocenters. The molecule has 0 saturated carbocycles. The van der Waals surface area contributed by atoms with E-state index in [2.05, 4.69) is 11.4 Å². The number of carbonyl (C=O) groups is 1. The summed E-state index contributed by atoms with van der Waals surface area (Å²) in [6.45, 7) is 1.42. The molecule has 1 rings (SSSR count). The summed E-state index contributed by atoms with van der Waals surface area (Å²) < 4.78 is 31.7. The van der Waals surface area contributed by atoms with E-state index in [0.717, 1.165) is 13.0 Å². The number of aliphatic hydroxyl groups is 1. The van der Waals surface area contributed by atoms with Crippen LogP contribution in [0.1, 0.15) is 6.42 Å². The predicted octanol–water partition coefficient (Wildman–Crippen LogP) is 0.114. The number of halogens is 3. The highest BCUT2D eigenvalue weighted by molar-refractivity contribution is 5.73. The molecule has 0 radical (unpaired) electrons. The third-order valence-corrected chi connectivity index (χ3v) is 1.86. The summed E-state index contributed by atoms with van der Waals surface area (Å²) in [5.74, 6) is -2.90. The molecule has 0 spiro atoms. The molecule has 0 bridgehead atoms. The topological polar surface area (TPSA) is 93.4 Å². The highest BCUT2D eigenvalue weighted by Crippen LogP contribution is 2.13. The number of alkyl halides is 3. The van der Waals surface area contributed by atoms with Crippen molar-refractivity contribution in [2.75, 3.05) is 13.1 Å². The van der Waals surface area contributed by atoms with Crippen LogP contribution < -0.4 is 5.32 Å². The Morgan fingerprint density at radius 2 is 2.00 bits per heavy atom.